The largest absolute Gasteiger partial charge is 0.655 e. The van der Waals surface area contributed by atoms with Gasteiger partial charge in [-0.3, -0.25) is 0 Å². The van der Waals surface area contributed by atoms with E-state index in [0.717, 1.165) is 13.1 Å². The van der Waals surface area contributed by atoms with E-state index in [0.29, 0.717) is 12.1 Å². The summed E-state index contributed by atoms with van der Waals surface area (Å²) in [6, 6.07) is 1.39. The van der Waals surface area contributed by atoms with Gasteiger partial charge in [-0.1, -0.05) is 6.42 Å². The van der Waals surface area contributed by atoms with Gasteiger partial charge >= 0.3 is 0 Å². The van der Waals surface area contributed by atoms with Gasteiger partial charge in [-0.25, -0.2) is 0 Å². The van der Waals surface area contributed by atoms with E-state index in [4.69, 9.17) is 0 Å². The summed E-state index contributed by atoms with van der Waals surface area (Å²) in [6.07, 6.45) is 1.35. The van der Waals surface area contributed by atoms with Crippen molar-refractivity contribution in [2.45, 2.75) is 18.5 Å². The fourth-order valence-corrected chi connectivity index (χ4v) is 1.28. The van der Waals surface area contributed by atoms with Crippen LogP contribution in [0.1, 0.15) is 6.42 Å². The molecular formula is C5H9N2Y-. The van der Waals surface area contributed by atoms with Crippen LogP contribution in [0.15, 0.2) is 0 Å². The fourth-order valence-electron chi connectivity index (χ4n) is 1.28. The van der Waals surface area contributed by atoms with E-state index < -0.39 is 0 Å². The van der Waals surface area contributed by atoms with Crippen molar-refractivity contribution in [3.8, 4) is 0 Å². The van der Waals surface area contributed by atoms with Crippen LogP contribution in [0, 0.1) is 0 Å². The maximum Gasteiger partial charge on any atom is 0 e. The molecule has 0 aliphatic carbocycles. The summed E-state index contributed by atoms with van der Waals surface area (Å²) >= 11 is 0. The summed E-state index contributed by atoms with van der Waals surface area (Å²) in [6.45, 7) is 2.27. The standard InChI is InChI=1S/C5H9N2.Y/c1-4-2-6-3-5(1)7-4;/h4-6H,1-3H2;/q-1;. The van der Waals surface area contributed by atoms with Crippen LogP contribution in [0.3, 0.4) is 0 Å². The first-order valence-electron chi connectivity index (χ1n) is 2.86. The van der Waals surface area contributed by atoms with Crippen LogP contribution in [0.25, 0.3) is 5.32 Å². The average molecular weight is 186 g/mol. The molecule has 3 aliphatic rings. The van der Waals surface area contributed by atoms with Gasteiger partial charge < -0.3 is 10.6 Å². The molecule has 0 aromatic heterocycles. The Morgan fingerprint density at radius 3 is 1.88 bits per heavy atom. The Labute approximate surface area is 74.7 Å². The van der Waals surface area contributed by atoms with E-state index in [1.54, 1.807) is 0 Å². The number of piperidine rings is 1. The third kappa shape index (κ3) is 1.13. The van der Waals surface area contributed by atoms with Gasteiger partial charge in [-0.2, -0.15) is 0 Å². The van der Waals surface area contributed by atoms with E-state index in [2.05, 4.69) is 10.6 Å². The van der Waals surface area contributed by atoms with Gasteiger partial charge in [0.2, 0.25) is 0 Å². The molecule has 0 aromatic carbocycles. The van der Waals surface area contributed by atoms with E-state index in [9.17, 15) is 0 Å². The third-order valence-corrected chi connectivity index (χ3v) is 1.73. The molecule has 43 valence electrons. The molecule has 0 spiro atoms. The molecule has 0 amide bonds. The zero-order valence-corrected chi connectivity index (χ0v) is 7.64. The summed E-state index contributed by atoms with van der Waals surface area (Å²) in [5, 5.41) is 7.66. The van der Waals surface area contributed by atoms with Crippen molar-refractivity contribution in [3.63, 3.8) is 0 Å². The second-order valence-corrected chi connectivity index (χ2v) is 2.35. The Hall–Kier alpha value is 1.02. The van der Waals surface area contributed by atoms with Gasteiger partial charge in [0.15, 0.2) is 0 Å². The summed E-state index contributed by atoms with van der Waals surface area (Å²) < 4.78 is 0. The van der Waals surface area contributed by atoms with E-state index in [1.807, 2.05) is 0 Å². The smallest absolute Gasteiger partial charge is 0 e. The molecule has 1 N–H and O–H groups in total. The monoisotopic (exact) mass is 186 g/mol. The van der Waals surface area contributed by atoms with Gasteiger partial charge in [0.25, 0.3) is 0 Å². The predicted molar refractivity (Wildman–Crippen MR) is 28.4 cm³/mol. The number of hydrogen-bond donors (Lipinski definition) is 1. The molecule has 2 unspecified atom stereocenters. The molecule has 3 fully saturated rings. The topological polar surface area (TPSA) is 26.1 Å². The quantitative estimate of drug-likeness (QED) is 0.570. The Bertz CT molecular complexity index is 67.0. The maximum atomic E-state index is 4.36. The van der Waals surface area contributed by atoms with Crippen molar-refractivity contribution in [2.24, 2.45) is 0 Å². The van der Waals surface area contributed by atoms with Crippen LogP contribution in [0.5, 0.6) is 0 Å². The number of hydrogen-bond acceptors (Lipinski definition) is 1. The van der Waals surface area contributed by atoms with Crippen LogP contribution in [-0.4, -0.2) is 25.2 Å². The Balaban J connectivity index is 0.000000320. The van der Waals surface area contributed by atoms with E-state index in [-0.39, 0.29) is 32.7 Å². The van der Waals surface area contributed by atoms with Gasteiger partial charge in [0.1, 0.15) is 0 Å². The van der Waals surface area contributed by atoms with Crippen molar-refractivity contribution in [3.05, 3.63) is 5.32 Å². The minimum atomic E-state index is 0. The molecule has 0 saturated carbocycles. The summed E-state index contributed by atoms with van der Waals surface area (Å²) in [7, 11) is 0. The average Bonchev–Trinajstić information content (AvgIpc) is 1.67. The number of piperazine rings is 1. The number of fused-ring (bicyclic) bond motifs is 2. The van der Waals surface area contributed by atoms with Gasteiger partial charge in [0.05, 0.1) is 0 Å². The van der Waals surface area contributed by atoms with E-state index in [1.165, 1.54) is 6.42 Å². The van der Waals surface area contributed by atoms with Gasteiger partial charge in [0, 0.05) is 32.7 Å². The molecule has 8 heavy (non-hydrogen) atoms. The summed E-state index contributed by atoms with van der Waals surface area (Å²) in [4.78, 5) is 0. The second kappa shape index (κ2) is 2.74. The van der Waals surface area contributed by atoms with Gasteiger partial charge in [-0.15, -0.1) is 12.1 Å². The molecule has 3 heterocycles. The zero-order chi connectivity index (χ0) is 4.69. The van der Waals surface area contributed by atoms with Crippen LogP contribution in [0.2, 0.25) is 0 Å². The molecule has 3 saturated heterocycles. The predicted octanol–water partition coefficient (Wildman–Crippen LogP) is 0.102. The first-order valence-corrected chi connectivity index (χ1v) is 2.86. The molecule has 2 bridgehead atoms. The molecule has 3 aliphatic heterocycles. The van der Waals surface area contributed by atoms with Crippen molar-refractivity contribution in [2.75, 3.05) is 13.1 Å². The third-order valence-electron chi connectivity index (χ3n) is 1.73. The minimum absolute atomic E-state index is 0. The van der Waals surface area contributed by atoms with Crippen LogP contribution in [-0.2, 0) is 32.7 Å². The van der Waals surface area contributed by atoms with Gasteiger partial charge in [-0.05, 0) is 13.1 Å². The van der Waals surface area contributed by atoms with Crippen LogP contribution in [0.4, 0.5) is 0 Å². The number of nitrogens with one attached hydrogen (secondary N) is 1. The summed E-state index contributed by atoms with van der Waals surface area (Å²) in [5.74, 6) is 0. The first-order chi connectivity index (χ1) is 3.45. The molecule has 2 atom stereocenters. The van der Waals surface area contributed by atoms with Crippen molar-refractivity contribution >= 4 is 0 Å². The normalized spacial score (nSPS) is 42.0. The SMILES string of the molecule is C1NCC2CC1[N-]2.[Y]. The molecule has 2 nitrogen and oxygen atoms in total. The zero-order valence-electron chi connectivity index (χ0n) is 4.80. The molecule has 3 heteroatoms. The molecule has 3 rings (SSSR count). The van der Waals surface area contributed by atoms with Crippen LogP contribution < -0.4 is 5.32 Å². The minimum Gasteiger partial charge on any atom is -0.655 e. The fraction of sp³-hybridized carbons (Fsp3) is 1.00. The van der Waals surface area contributed by atoms with Crippen molar-refractivity contribution in [1.82, 2.24) is 5.32 Å². The maximum absolute atomic E-state index is 4.36. The molecule has 1 radical (unpaired) electrons. The Morgan fingerprint density at radius 1 is 1.25 bits per heavy atom. The number of nitrogens with zero attached hydrogens (tertiary/aromatic N) is 1. The summed E-state index contributed by atoms with van der Waals surface area (Å²) in [5.41, 5.74) is 0. The second-order valence-electron chi connectivity index (χ2n) is 2.35. The molecular weight excluding hydrogens is 177 g/mol. The van der Waals surface area contributed by atoms with Crippen LogP contribution >= 0.6 is 0 Å². The Kier molecular flexibility index (Phi) is 2.44. The van der Waals surface area contributed by atoms with E-state index >= 15 is 0 Å². The Morgan fingerprint density at radius 2 is 1.75 bits per heavy atom. The van der Waals surface area contributed by atoms with Crippen molar-refractivity contribution in [1.29, 1.82) is 0 Å². The first kappa shape index (κ1) is 7.13. The van der Waals surface area contributed by atoms with Crippen molar-refractivity contribution < 1.29 is 32.7 Å². The number of rotatable bonds is 0. The molecule has 0 aromatic rings.